The molecule has 1 unspecified atom stereocenters. The third-order valence-electron chi connectivity index (χ3n) is 3.39. The van der Waals surface area contributed by atoms with E-state index < -0.39 is 6.10 Å². The predicted molar refractivity (Wildman–Crippen MR) is 89.3 cm³/mol. The average Bonchev–Trinajstić information content (AvgIpc) is 2.87. The van der Waals surface area contributed by atoms with Gasteiger partial charge in [0, 0.05) is 21.9 Å². The Labute approximate surface area is 136 Å². The molecule has 1 aromatic carbocycles. The second kappa shape index (κ2) is 6.29. The summed E-state index contributed by atoms with van der Waals surface area (Å²) in [5, 5.41) is 11.5. The van der Waals surface area contributed by atoms with Crippen molar-refractivity contribution in [3.05, 3.63) is 55.2 Å². The van der Waals surface area contributed by atoms with Crippen LogP contribution in [0.2, 0.25) is 10.0 Å². The first-order valence-corrected chi connectivity index (χ1v) is 9.17. The van der Waals surface area contributed by atoms with Crippen LogP contribution in [0, 0.1) is 0 Å². The van der Waals surface area contributed by atoms with Crippen molar-refractivity contribution in [3.8, 4) is 0 Å². The Balaban J connectivity index is 1.76. The number of aliphatic hydroxyl groups is 1. The number of fused-ring (bicyclic) bond motifs is 1. The summed E-state index contributed by atoms with van der Waals surface area (Å²) in [6, 6.07) is 7.69. The second-order valence-corrected chi connectivity index (χ2v) is 7.96. The van der Waals surface area contributed by atoms with Crippen molar-refractivity contribution >= 4 is 46.3 Å². The number of thioether (sulfide) groups is 1. The Bertz CT molecular complexity index is 601. The summed E-state index contributed by atoms with van der Waals surface area (Å²) in [5.41, 5.74) is 2.40. The minimum atomic E-state index is -0.465. The monoisotopic (exact) mass is 344 g/mol. The summed E-state index contributed by atoms with van der Waals surface area (Å²) in [6.45, 7) is 0. The van der Waals surface area contributed by atoms with Gasteiger partial charge >= 0.3 is 0 Å². The minimum Gasteiger partial charge on any atom is -0.387 e. The van der Waals surface area contributed by atoms with Crippen LogP contribution in [-0.4, -0.2) is 10.9 Å². The van der Waals surface area contributed by atoms with E-state index in [2.05, 4.69) is 6.07 Å². The van der Waals surface area contributed by atoms with Crippen molar-refractivity contribution in [2.45, 2.75) is 24.7 Å². The van der Waals surface area contributed by atoms with Crippen LogP contribution in [0.5, 0.6) is 0 Å². The van der Waals surface area contributed by atoms with E-state index in [-0.39, 0.29) is 0 Å². The first kappa shape index (κ1) is 14.7. The van der Waals surface area contributed by atoms with Gasteiger partial charge in [-0.2, -0.15) is 11.8 Å². The summed E-state index contributed by atoms with van der Waals surface area (Å²) in [5.74, 6) is 2.27. The largest absolute Gasteiger partial charge is 0.387 e. The van der Waals surface area contributed by atoms with Crippen molar-refractivity contribution in [1.29, 1.82) is 0 Å². The van der Waals surface area contributed by atoms with E-state index in [1.807, 2.05) is 23.9 Å². The summed E-state index contributed by atoms with van der Waals surface area (Å²) >= 11 is 15.6. The van der Waals surface area contributed by atoms with Gasteiger partial charge in [0.15, 0.2) is 0 Å². The first-order chi connectivity index (χ1) is 9.63. The van der Waals surface area contributed by atoms with E-state index >= 15 is 0 Å². The minimum absolute atomic E-state index is 0.465. The molecular formula is C15H14Cl2OS2. The van der Waals surface area contributed by atoms with Crippen LogP contribution in [0.1, 0.15) is 27.0 Å². The number of halogens is 2. The zero-order valence-electron chi connectivity index (χ0n) is 10.7. The molecule has 1 aliphatic rings. The number of hydrogen-bond donors (Lipinski definition) is 1. The van der Waals surface area contributed by atoms with Gasteiger partial charge in [0.25, 0.3) is 0 Å². The van der Waals surface area contributed by atoms with Gasteiger partial charge in [0.1, 0.15) is 0 Å². The maximum absolute atomic E-state index is 10.4. The van der Waals surface area contributed by atoms with Crippen LogP contribution in [0.15, 0.2) is 24.3 Å². The molecular weight excluding hydrogens is 331 g/mol. The molecule has 0 radical (unpaired) electrons. The van der Waals surface area contributed by atoms with Crippen LogP contribution in [0.25, 0.3) is 0 Å². The number of rotatable bonds is 3. The van der Waals surface area contributed by atoms with Crippen LogP contribution < -0.4 is 0 Å². The highest BCUT2D eigenvalue weighted by Gasteiger charge is 2.18. The number of aryl methyl sites for hydroxylation is 1. The molecule has 106 valence electrons. The van der Waals surface area contributed by atoms with Gasteiger partial charge in [-0.3, -0.25) is 0 Å². The highest BCUT2D eigenvalue weighted by molar-refractivity contribution is 7.98. The number of benzene rings is 1. The highest BCUT2D eigenvalue weighted by Crippen LogP contribution is 2.35. The molecule has 1 aliphatic heterocycles. The smallest absolute Gasteiger partial charge is 0.0922 e. The topological polar surface area (TPSA) is 20.2 Å². The van der Waals surface area contributed by atoms with E-state index in [0.717, 1.165) is 22.6 Å². The molecule has 0 saturated heterocycles. The maximum Gasteiger partial charge on any atom is 0.0922 e. The summed E-state index contributed by atoms with van der Waals surface area (Å²) in [7, 11) is 0. The Morgan fingerprint density at radius 3 is 2.80 bits per heavy atom. The molecule has 0 spiro atoms. The van der Waals surface area contributed by atoms with Gasteiger partial charge < -0.3 is 5.11 Å². The normalized spacial score (nSPS) is 15.9. The zero-order valence-corrected chi connectivity index (χ0v) is 13.9. The van der Waals surface area contributed by atoms with Crippen molar-refractivity contribution in [3.63, 3.8) is 0 Å². The SMILES string of the molecule is OC(Cc1ccc(Cl)c(Cl)c1)c1cc2c(s1)CCSC2. The lowest BCUT2D eigenvalue weighted by atomic mass is 10.1. The molecule has 0 fully saturated rings. The fraction of sp³-hybridized carbons (Fsp3) is 0.333. The van der Waals surface area contributed by atoms with E-state index in [4.69, 9.17) is 23.2 Å². The Hall–Kier alpha value is -0.190. The van der Waals surface area contributed by atoms with E-state index in [1.165, 1.54) is 16.2 Å². The summed E-state index contributed by atoms with van der Waals surface area (Å²) in [6.07, 6.45) is 1.24. The van der Waals surface area contributed by atoms with E-state index in [0.29, 0.717) is 16.5 Å². The second-order valence-electron chi connectivity index (χ2n) is 4.87. The summed E-state index contributed by atoms with van der Waals surface area (Å²) < 4.78 is 0. The van der Waals surface area contributed by atoms with Crippen LogP contribution in [0.4, 0.5) is 0 Å². The molecule has 0 saturated carbocycles. The highest BCUT2D eigenvalue weighted by atomic mass is 35.5. The molecule has 1 N–H and O–H groups in total. The molecule has 2 aromatic rings. The predicted octanol–water partition coefficient (Wildman–Crippen LogP) is 5.12. The lowest BCUT2D eigenvalue weighted by molar-refractivity contribution is 0.182. The molecule has 0 amide bonds. The fourth-order valence-electron chi connectivity index (χ4n) is 2.32. The first-order valence-electron chi connectivity index (χ1n) is 6.44. The van der Waals surface area contributed by atoms with Crippen LogP contribution in [-0.2, 0) is 18.6 Å². The number of hydrogen-bond acceptors (Lipinski definition) is 3. The summed E-state index contributed by atoms with van der Waals surface area (Å²) in [4.78, 5) is 2.50. The molecule has 0 aliphatic carbocycles. The Morgan fingerprint density at radius 1 is 1.20 bits per heavy atom. The molecule has 1 aromatic heterocycles. The Kier molecular flexibility index (Phi) is 4.63. The molecule has 3 rings (SSSR count). The van der Waals surface area contributed by atoms with Crippen molar-refractivity contribution in [1.82, 2.24) is 0 Å². The zero-order chi connectivity index (χ0) is 14.1. The van der Waals surface area contributed by atoms with Crippen LogP contribution >= 0.6 is 46.3 Å². The van der Waals surface area contributed by atoms with Gasteiger partial charge in [0.2, 0.25) is 0 Å². The van der Waals surface area contributed by atoms with Crippen molar-refractivity contribution < 1.29 is 5.11 Å². The third kappa shape index (κ3) is 3.18. The van der Waals surface area contributed by atoms with Gasteiger partial charge in [-0.15, -0.1) is 11.3 Å². The van der Waals surface area contributed by atoms with Gasteiger partial charge in [0.05, 0.1) is 16.1 Å². The van der Waals surface area contributed by atoms with Crippen LogP contribution in [0.3, 0.4) is 0 Å². The average molecular weight is 345 g/mol. The fourth-order valence-corrected chi connectivity index (χ4v) is 5.01. The lowest BCUT2D eigenvalue weighted by Crippen LogP contribution is -1.99. The van der Waals surface area contributed by atoms with E-state index in [9.17, 15) is 5.11 Å². The molecule has 5 heteroatoms. The quantitative estimate of drug-likeness (QED) is 0.833. The van der Waals surface area contributed by atoms with Crippen molar-refractivity contribution in [2.75, 3.05) is 5.75 Å². The maximum atomic E-state index is 10.4. The lowest BCUT2D eigenvalue weighted by Gasteiger charge is -2.09. The standard InChI is InChI=1S/C15H14Cl2OS2/c16-11-2-1-9(5-12(11)17)6-13(18)15-7-10-8-19-4-3-14(10)20-15/h1-2,5,7,13,18H,3-4,6,8H2. The Morgan fingerprint density at radius 2 is 2.05 bits per heavy atom. The van der Waals surface area contributed by atoms with Gasteiger partial charge in [-0.1, -0.05) is 29.3 Å². The molecule has 2 heterocycles. The molecule has 20 heavy (non-hydrogen) atoms. The number of thiophene rings is 1. The van der Waals surface area contributed by atoms with Gasteiger partial charge in [-0.05, 0) is 41.5 Å². The molecule has 0 bridgehead atoms. The van der Waals surface area contributed by atoms with E-state index in [1.54, 1.807) is 17.4 Å². The van der Waals surface area contributed by atoms with Crippen molar-refractivity contribution in [2.24, 2.45) is 0 Å². The molecule has 1 nitrogen and oxygen atoms in total. The molecule has 1 atom stereocenters. The number of aliphatic hydroxyl groups excluding tert-OH is 1. The third-order valence-corrected chi connectivity index (χ3v) is 6.47. The van der Waals surface area contributed by atoms with Gasteiger partial charge in [-0.25, -0.2) is 0 Å².